The fourth-order valence-electron chi connectivity index (χ4n) is 4.59. The molecular formula is C22H23N3O4S2. The van der Waals surface area contributed by atoms with Gasteiger partial charge in [0.1, 0.15) is 6.54 Å². The van der Waals surface area contributed by atoms with Crippen LogP contribution in [-0.2, 0) is 27.8 Å². The molecule has 0 spiro atoms. The summed E-state index contributed by atoms with van der Waals surface area (Å²) < 4.78 is 29.2. The number of rotatable bonds is 4. The van der Waals surface area contributed by atoms with E-state index < -0.39 is 10.0 Å². The van der Waals surface area contributed by atoms with Crippen LogP contribution in [-0.4, -0.2) is 42.3 Å². The van der Waals surface area contributed by atoms with E-state index in [-0.39, 0.29) is 28.3 Å². The molecule has 3 aromatic rings. The molecule has 0 bridgehead atoms. The van der Waals surface area contributed by atoms with Crippen molar-refractivity contribution in [1.82, 2.24) is 8.87 Å². The fourth-order valence-corrected chi connectivity index (χ4v) is 7.14. The molecule has 1 amide bonds. The van der Waals surface area contributed by atoms with Crippen LogP contribution in [0.15, 0.2) is 52.2 Å². The quantitative estimate of drug-likeness (QED) is 0.604. The molecule has 1 fully saturated rings. The second kappa shape index (κ2) is 7.58. The molecule has 0 radical (unpaired) electrons. The van der Waals surface area contributed by atoms with E-state index >= 15 is 0 Å². The van der Waals surface area contributed by atoms with E-state index in [0.29, 0.717) is 23.3 Å². The van der Waals surface area contributed by atoms with E-state index in [1.807, 2.05) is 31.2 Å². The molecule has 9 heteroatoms. The number of sulfonamides is 1. The van der Waals surface area contributed by atoms with Crippen molar-refractivity contribution in [2.45, 2.75) is 43.7 Å². The van der Waals surface area contributed by atoms with Crippen LogP contribution in [0.4, 0.5) is 5.69 Å². The number of nitrogens with zero attached hydrogens (tertiary/aromatic N) is 3. The molecule has 1 atom stereocenters. The molecule has 1 unspecified atom stereocenters. The number of hydrogen-bond acceptors (Lipinski definition) is 5. The maximum Gasteiger partial charge on any atom is 0.308 e. The van der Waals surface area contributed by atoms with Crippen LogP contribution in [0.3, 0.4) is 0 Å². The number of aromatic nitrogens is 1. The molecule has 1 aromatic heterocycles. The van der Waals surface area contributed by atoms with Gasteiger partial charge in [-0.25, -0.2) is 8.42 Å². The normalized spacial score (nSPS) is 19.3. The molecule has 31 heavy (non-hydrogen) atoms. The van der Waals surface area contributed by atoms with Gasteiger partial charge in [0.15, 0.2) is 0 Å². The smallest absolute Gasteiger partial charge is 0.307 e. The summed E-state index contributed by atoms with van der Waals surface area (Å²) in [5.74, 6) is -0.145. The number of carbonyl (C=O) groups is 1. The summed E-state index contributed by atoms with van der Waals surface area (Å²) in [7, 11) is -3.56. The number of hydrogen-bond donors (Lipinski definition) is 0. The number of para-hydroxylation sites is 1. The van der Waals surface area contributed by atoms with E-state index in [1.54, 1.807) is 17.0 Å². The predicted octanol–water partition coefficient (Wildman–Crippen LogP) is 2.83. The van der Waals surface area contributed by atoms with Crippen molar-refractivity contribution in [2.75, 3.05) is 18.0 Å². The van der Waals surface area contributed by atoms with Crippen LogP contribution in [0.2, 0.25) is 0 Å². The Balaban J connectivity index is 1.47. The maximum absolute atomic E-state index is 13.2. The molecule has 2 aromatic carbocycles. The third-order valence-electron chi connectivity index (χ3n) is 6.11. The summed E-state index contributed by atoms with van der Waals surface area (Å²) in [6.07, 6.45) is 2.52. The summed E-state index contributed by atoms with van der Waals surface area (Å²) in [6.45, 7) is 2.99. The largest absolute Gasteiger partial charge is 0.308 e. The van der Waals surface area contributed by atoms with Gasteiger partial charge in [0.25, 0.3) is 0 Å². The van der Waals surface area contributed by atoms with Gasteiger partial charge in [-0.3, -0.25) is 14.2 Å². The van der Waals surface area contributed by atoms with Crippen molar-refractivity contribution < 1.29 is 13.2 Å². The predicted molar refractivity (Wildman–Crippen MR) is 121 cm³/mol. The van der Waals surface area contributed by atoms with Gasteiger partial charge in [0, 0.05) is 24.8 Å². The SMILES string of the molecule is CC1Cc2ccccc2N1C(=O)Cn1c(=O)sc2cc(S(=O)(=O)N3CCCC3)ccc21. The topological polar surface area (TPSA) is 79.7 Å². The number of thiazole rings is 1. The highest BCUT2D eigenvalue weighted by Gasteiger charge is 2.31. The van der Waals surface area contributed by atoms with Gasteiger partial charge in [-0.2, -0.15) is 4.31 Å². The van der Waals surface area contributed by atoms with Gasteiger partial charge in [-0.15, -0.1) is 0 Å². The van der Waals surface area contributed by atoms with Crippen molar-refractivity contribution in [3.8, 4) is 0 Å². The van der Waals surface area contributed by atoms with E-state index in [4.69, 9.17) is 0 Å². The Morgan fingerprint density at radius 2 is 1.87 bits per heavy atom. The first-order valence-corrected chi connectivity index (χ1v) is 12.7. The lowest BCUT2D eigenvalue weighted by molar-refractivity contribution is -0.119. The molecule has 0 N–H and O–H groups in total. The van der Waals surface area contributed by atoms with Gasteiger partial charge in [0.05, 0.1) is 15.1 Å². The zero-order valence-electron chi connectivity index (χ0n) is 17.2. The third-order valence-corrected chi connectivity index (χ3v) is 8.95. The van der Waals surface area contributed by atoms with Gasteiger partial charge < -0.3 is 4.90 Å². The van der Waals surface area contributed by atoms with Crippen molar-refractivity contribution in [3.63, 3.8) is 0 Å². The van der Waals surface area contributed by atoms with E-state index in [0.717, 1.165) is 41.9 Å². The van der Waals surface area contributed by atoms with Gasteiger partial charge in [0.2, 0.25) is 15.9 Å². The second-order valence-electron chi connectivity index (χ2n) is 8.14. The lowest BCUT2D eigenvalue weighted by Crippen LogP contribution is -2.39. The monoisotopic (exact) mass is 457 g/mol. The zero-order valence-corrected chi connectivity index (χ0v) is 18.8. The fraction of sp³-hybridized carbons (Fsp3) is 0.364. The van der Waals surface area contributed by atoms with Crippen molar-refractivity contribution in [2.24, 2.45) is 0 Å². The molecular weight excluding hydrogens is 434 g/mol. The Kier molecular flexibility index (Phi) is 4.99. The van der Waals surface area contributed by atoms with E-state index in [1.165, 1.54) is 14.9 Å². The highest BCUT2D eigenvalue weighted by molar-refractivity contribution is 7.89. The highest BCUT2D eigenvalue weighted by atomic mass is 32.2. The first kappa shape index (κ1) is 20.4. The van der Waals surface area contributed by atoms with Crippen LogP contribution >= 0.6 is 11.3 Å². The summed E-state index contributed by atoms with van der Waals surface area (Å²) in [5.41, 5.74) is 2.61. The first-order chi connectivity index (χ1) is 14.9. The Morgan fingerprint density at radius 1 is 1.13 bits per heavy atom. The molecule has 162 valence electrons. The van der Waals surface area contributed by atoms with Crippen LogP contribution < -0.4 is 9.77 Å². The van der Waals surface area contributed by atoms with Gasteiger partial charge >= 0.3 is 4.87 Å². The number of amides is 1. The molecule has 2 aliphatic rings. The molecule has 7 nitrogen and oxygen atoms in total. The first-order valence-electron chi connectivity index (χ1n) is 10.4. The average Bonchev–Trinajstić information content (AvgIpc) is 3.45. The molecule has 3 heterocycles. The number of carbonyl (C=O) groups excluding carboxylic acids is 1. The van der Waals surface area contributed by atoms with Crippen molar-refractivity contribution >= 4 is 43.2 Å². The van der Waals surface area contributed by atoms with Crippen LogP contribution in [0, 0.1) is 0 Å². The van der Waals surface area contributed by atoms with E-state index in [2.05, 4.69) is 0 Å². The highest BCUT2D eigenvalue weighted by Crippen LogP contribution is 2.32. The average molecular weight is 458 g/mol. The Labute approximate surface area is 184 Å². The Hall–Kier alpha value is -2.49. The van der Waals surface area contributed by atoms with E-state index in [9.17, 15) is 18.0 Å². The van der Waals surface area contributed by atoms with Gasteiger partial charge in [-0.1, -0.05) is 29.5 Å². The molecule has 5 rings (SSSR count). The summed E-state index contributed by atoms with van der Waals surface area (Å²) in [5, 5.41) is 0. The molecule has 0 aliphatic carbocycles. The van der Waals surface area contributed by atoms with Crippen molar-refractivity contribution in [1.29, 1.82) is 0 Å². The van der Waals surface area contributed by atoms with Crippen LogP contribution in [0.25, 0.3) is 10.2 Å². The minimum atomic E-state index is -3.56. The zero-order chi connectivity index (χ0) is 21.8. The second-order valence-corrected chi connectivity index (χ2v) is 11.1. The third kappa shape index (κ3) is 3.40. The summed E-state index contributed by atoms with van der Waals surface area (Å²) >= 11 is 0.976. The molecule has 0 saturated carbocycles. The number of fused-ring (bicyclic) bond motifs is 2. The number of benzene rings is 2. The standard InChI is InChI=1S/C22H23N3O4S2/c1-15-12-16-6-2-3-7-18(16)25(15)21(26)14-24-19-9-8-17(13-20(19)30-22(24)27)31(28,29)23-10-4-5-11-23/h2-3,6-9,13,15H,4-5,10-12,14H2,1H3. The van der Waals surface area contributed by atoms with Gasteiger partial charge in [-0.05, 0) is 56.0 Å². The minimum Gasteiger partial charge on any atom is -0.307 e. The Bertz CT molecular complexity index is 1340. The summed E-state index contributed by atoms with van der Waals surface area (Å²) in [4.78, 5) is 27.5. The lowest BCUT2D eigenvalue weighted by Gasteiger charge is -2.23. The summed E-state index contributed by atoms with van der Waals surface area (Å²) in [6, 6.07) is 12.6. The maximum atomic E-state index is 13.2. The number of anilines is 1. The van der Waals surface area contributed by atoms with Crippen molar-refractivity contribution in [3.05, 3.63) is 57.7 Å². The minimum absolute atomic E-state index is 0.0303. The van der Waals surface area contributed by atoms with Crippen LogP contribution in [0.1, 0.15) is 25.3 Å². The Morgan fingerprint density at radius 3 is 2.65 bits per heavy atom. The van der Waals surface area contributed by atoms with Crippen LogP contribution in [0.5, 0.6) is 0 Å². The molecule has 1 saturated heterocycles. The lowest BCUT2D eigenvalue weighted by atomic mass is 10.1. The molecule has 2 aliphatic heterocycles.